The summed E-state index contributed by atoms with van der Waals surface area (Å²) in [5, 5.41) is 10.3. The monoisotopic (exact) mass is 562 g/mol. The molecule has 0 bridgehead atoms. The standard InChI is InChI=1S/C30H27ClN2O5S/c1-4-9-20-14-19(15-25(37-5-2)27(20)38-18-22-10-6-7-13-24(22)31)16-26-28(34)33(3)30(39-26)32-23-12-8-11-21(17-23)29(35)36/h4,6-8,10-17H,1,5,9,18H2,2-3H3,(H,35,36)/b26-16+,32-30?. The van der Waals surface area contributed by atoms with Gasteiger partial charge >= 0.3 is 5.97 Å². The van der Waals surface area contributed by atoms with Crippen LogP contribution in [0.3, 0.4) is 0 Å². The first kappa shape index (κ1) is 28.0. The van der Waals surface area contributed by atoms with Gasteiger partial charge in [-0.05, 0) is 73.1 Å². The minimum absolute atomic E-state index is 0.125. The molecule has 39 heavy (non-hydrogen) atoms. The fourth-order valence-corrected chi connectivity index (χ4v) is 5.07. The second kappa shape index (κ2) is 12.7. The molecular formula is C30H27ClN2O5S. The van der Waals surface area contributed by atoms with Gasteiger partial charge in [-0.3, -0.25) is 9.69 Å². The highest BCUT2D eigenvalue weighted by Gasteiger charge is 2.30. The number of hydrogen-bond acceptors (Lipinski definition) is 6. The maximum atomic E-state index is 13.0. The van der Waals surface area contributed by atoms with Gasteiger partial charge in [-0.15, -0.1) is 6.58 Å². The molecule has 0 aromatic heterocycles. The van der Waals surface area contributed by atoms with Gasteiger partial charge in [-0.25, -0.2) is 9.79 Å². The van der Waals surface area contributed by atoms with Crippen molar-refractivity contribution < 1.29 is 24.2 Å². The number of halogens is 1. The van der Waals surface area contributed by atoms with Gasteiger partial charge in [0.25, 0.3) is 5.91 Å². The number of hydrogen-bond donors (Lipinski definition) is 1. The third-order valence-corrected chi connectivity index (χ3v) is 7.20. The van der Waals surface area contributed by atoms with Gasteiger partial charge < -0.3 is 14.6 Å². The summed E-state index contributed by atoms with van der Waals surface area (Å²) in [5.74, 6) is -0.0999. The van der Waals surface area contributed by atoms with Crippen LogP contribution in [0.4, 0.5) is 5.69 Å². The Kier molecular flexibility index (Phi) is 9.11. The number of benzene rings is 3. The van der Waals surface area contributed by atoms with Gasteiger partial charge in [0.15, 0.2) is 16.7 Å². The summed E-state index contributed by atoms with van der Waals surface area (Å²) in [7, 11) is 1.64. The van der Waals surface area contributed by atoms with Gasteiger partial charge in [0.2, 0.25) is 0 Å². The lowest BCUT2D eigenvalue weighted by molar-refractivity contribution is -0.121. The maximum absolute atomic E-state index is 13.0. The Balaban J connectivity index is 1.66. The quantitative estimate of drug-likeness (QED) is 0.212. The number of carbonyl (C=O) groups is 2. The molecule has 3 aromatic rings. The molecular weight excluding hydrogens is 536 g/mol. The summed E-state index contributed by atoms with van der Waals surface area (Å²) in [4.78, 5) is 30.8. The van der Waals surface area contributed by atoms with Crippen LogP contribution in [0.2, 0.25) is 5.02 Å². The topological polar surface area (TPSA) is 88.4 Å². The molecule has 9 heteroatoms. The zero-order chi connectivity index (χ0) is 27.9. The molecule has 3 aromatic carbocycles. The van der Waals surface area contributed by atoms with Crippen LogP contribution in [0, 0.1) is 0 Å². The van der Waals surface area contributed by atoms with Crippen molar-refractivity contribution in [3.63, 3.8) is 0 Å². The van der Waals surface area contributed by atoms with E-state index in [1.807, 2.05) is 43.3 Å². The van der Waals surface area contributed by atoms with Gasteiger partial charge in [-0.1, -0.05) is 41.9 Å². The van der Waals surface area contributed by atoms with Crippen LogP contribution in [0.25, 0.3) is 6.08 Å². The highest BCUT2D eigenvalue weighted by Crippen LogP contribution is 2.38. The van der Waals surface area contributed by atoms with Crippen molar-refractivity contribution in [1.29, 1.82) is 0 Å². The second-order valence-electron chi connectivity index (χ2n) is 8.54. The highest BCUT2D eigenvalue weighted by atomic mass is 35.5. The average Bonchev–Trinajstić information content (AvgIpc) is 3.17. The average molecular weight is 563 g/mol. The van der Waals surface area contributed by atoms with Gasteiger partial charge in [0, 0.05) is 23.2 Å². The lowest BCUT2D eigenvalue weighted by atomic mass is 10.0. The van der Waals surface area contributed by atoms with Crippen molar-refractivity contribution in [1.82, 2.24) is 4.90 Å². The van der Waals surface area contributed by atoms with Crippen molar-refractivity contribution in [2.75, 3.05) is 13.7 Å². The van der Waals surface area contributed by atoms with Crippen molar-refractivity contribution in [3.8, 4) is 11.5 Å². The number of carboxylic acid groups (broad SMARTS) is 1. The first-order chi connectivity index (χ1) is 18.8. The second-order valence-corrected chi connectivity index (χ2v) is 9.95. The van der Waals surface area contributed by atoms with Crippen molar-refractivity contribution >= 4 is 52.2 Å². The van der Waals surface area contributed by atoms with E-state index in [1.165, 1.54) is 28.8 Å². The molecule has 0 radical (unpaired) electrons. The van der Waals surface area contributed by atoms with E-state index in [2.05, 4.69) is 11.6 Å². The third-order valence-electron chi connectivity index (χ3n) is 5.77. The number of nitrogens with zero attached hydrogens (tertiary/aromatic N) is 2. The molecule has 1 saturated heterocycles. The minimum atomic E-state index is -1.04. The van der Waals surface area contributed by atoms with Gasteiger partial charge in [0.05, 0.1) is 22.8 Å². The number of rotatable bonds is 10. The lowest BCUT2D eigenvalue weighted by Gasteiger charge is -2.17. The molecule has 1 N–H and O–H groups in total. The SMILES string of the molecule is C=CCc1cc(/C=C2/SC(=Nc3cccc(C(=O)O)c3)N(C)C2=O)cc(OCC)c1OCc1ccccc1Cl. The normalized spacial score (nSPS) is 15.2. The van der Waals surface area contributed by atoms with E-state index in [9.17, 15) is 14.7 Å². The zero-order valence-corrected chi connectivity index (χ0v) is 23.1. The van der Waals surface area contributed by atoms with E-state index in [0.29, 0.717) is 45.3 Å². The summed E-state index contributed by atoms with van der Waals surface area (Å²) < 4.78 is 12.1. The number of ether oxygens (including phenoxy) is 2. The Morgan fingerprint density at radius 2 is 1.92 bits per heavy atom. The molecule has 0 unspecified atom stereocenters. The summed E-state index contributed by atoms with van der Waals surface area (Å²) in [6.07, 6.45) is 4.10. The van der Waals surface area contributed by atoms with Crippen LogP contribution in [-0.2, 0) is 17.8 Å². The van der Waals surface area contributed by atoms with Gasteiger partial charge in [0.1, 0.15) is 6.61 Å². The molecule has 1 heterocycles. The predicted octanol–water partition coefficient (Wildman–Crippen LogP) is 6.98. The van der Waals surface area contributed by atoms with E-state index in [4.69, 9.17) is 21.1 Å². The number of allylic oxidation sites excluding steroid dienone is 1. The highest BCUT2D eigenvalue weighted by molar-refractivity contribution is 8.18. The summed E-state index contributed by atoms with van der Waals surface area (Å²) >= 11 is 7.53. The maximum Gasteiger partial charge on any atom is 0.335 e. The first-order valence-electron chi connectivity index (χ1n) is 12.2. The van der Waals surface area contributed by atoms with Gasteiger partial charge in [-0.2, -0.15) is 0 Å². The van der Waals surface area contributed by atoms with Crippen LogP contribution in [0.1, 0.15) is 34.0 Å². The molecule has 1 fully saturated rings. The lowest BCUT2D eigenvalue weighted by Crippen LogP contribution is -2.23. The number of likely N-dealkylation sites (N-methyl/N-ethyl adjacent to an activating group) is 1. The largest absolute Gasteiger partial charge is 0.490 e. The number of thioether (sulfide) groups is 1. The Morgan fingerprint density at radius 3 is 2.64 bits per heavy atom. The minimum Gasteiger partial charge on any atom is -0.490 e. The van der Waals surface area contributed by atoms with Crippen LogP contribution in [0.5, 0.6) is 11.5 Å². The Labute approximate surface area is 236 Å². The number of amidine groups is 1. The third kappa shape index (κ3) is 6.71. The van der Waals surface area contributed by atoms with Crippen molar-refractivity contribution in [2.24, 2.45) is 4.99 Å². The van der Waals surface area contributed by atoms with Crippen LogP contribution < -0.4 is 9.47 Å². The van der Waals surface area contributed by atoms with E-state index < -0.39 is 5.97 Å². The van der Waals surface area contributed by atoms with E-state index in [0.717, 1.165) is 16.7 Å². The fraction of sp³-hybridized carbons (Fsp3) is 0.167. The van der Waals surface area contributed by atoms with E-state index in [1.54, 1.807) is 31.3 Å². The smallest absolute Gasteiger partial charge is 0.335 e. The number of aromatic carboxylic acids is 1. The molecule has 0 spiro atoms. The molecule has 0 aliphatic carbocycles. The molecule has 0 saturated carbocycles. The molecule has 7 nitrogen and oxygen atoms in total. The van der Waals surface area contributed by atoms with E-state index in [-0.39, 0.29) is 18.1 Å². The molecule has 200 valence electrons. The Hall–Kier alpha value is -4.01. The van der Waals surface area contributed by atoms with Crippen LogP contribution in [0.15, 0.2) is 83.2 Å². The summed E-state index contributed by atoms with van der Waals surface area (Å²) in [6.45, 7) is 6.47. The number of carboxylic acids is 1. The molecule has 1 aliphatic heterocycles. The number of amides is 1. The summed E-state index contributed by atoms with van der Waals surface area (Å²) in [6, 6.07) is 17.5. The molecule has 1 amide bonds. The first-order valence-corrected chi connectivity index (χ1v) is 13.4. The fourth-order valence-electron chi connectivity index (χ4n) is 3.89. The van der Waals surface area contributed by atoms with E-state index >= 15 is 0 Å². The number of aliphatic imine (C=N–C) groups is 1. The van der Waals surface area contributed by atoms with Crippen LogP contribution >= 0.6 is 23.4 Å². The Morgan fingerprint density at radius 1 is 1.13 bits per heavy atom. The van der Waals surface area contributed by atoms with Crippen molar-refractivity contribution in [2.45, 2.75) is 20.0 Å². The number of carbonyl (C=O) groups excluding carboxylic acids is 1. The zero-order valence-electron chi connectivity index (χ0n) is 21.5. The molecule has 4 rings (SSSR count). The van der Waals surface area contributed by atoms with Crippen LogP contribution in [-0.4, -0.2) is 40.7 Å². The Bertz CT molecular complexity index is 1480. The summed E-state index contributed by atoms with van der Waals surface area (Å²) in [5.41, 5.74) is 3.05. The van der Waals surface area contributed by atoms with Crippen molar-refractivity contribution in [3.05, 3.63) is 106 Å². The molecule has 1 aliphatic rings. The predicted molar refractivity (Wildman–Crippen MR) is 156 cm³/mol. The molecule has 0 atom stereocenters.